The molecule has 0 aromatic heterocycles. The van der Waals surface area contributed by atoms with E-state index in [1.165, 1.54) is 12.1 Å². The van der Waals surface area contributed by atoms with Gasteiger partial charge in [-0.15, -0.1) is 0 Å². The molecule has 0 unspecified atom stereocenters. The number of nitrogens with two attached hydrogens (primary N) is 1. The summed E-state index contributed by atoms with van der Waals surface area (Å²) in [6.07, 6.45) is 5.12. The Morgan fingerprint density at radius 2 is 1.91 bits per heavy atom. The summed E-state index contributed by atoms with van der Waals surface area (Å²) in [5.41, 5.74) is 7.08. The summed E-state index contributed by atoms with van der Waals surface area (Å²) in [5.74, 6) is 0.00397. The molecule has 0 aliphatic carbocycles. The molecule has 0 spiro atoms. The Hall–Kier alpha value is -1.46. The molecule has 5 heteroatoms. The van der Waals surface area contributed by atoms with E-state index in [0.29, 0.717) is 13.1 Å². The third-order valence-electron chi connectivity index (χ3n) is 4.97. The van der Waals surface area contributed by atoms with Gasteiger partial charge in [0.25, 0.3) is 0 Å². The molecule has 3 rings (SSSR count). The molecule has 2 saturated heterocycles. The largest absolute Gasteiger partial charge is 0.340 e. The van der Waals surface area contributed by atoms with E-state index >= 15 is 0 Å². The summed E-state index contributed by atoms with van der Waals surface area (Å²) in [6, 6.07) is 6.64. The predicted molar refractivity (Wildman–Crippen MR) is 88.2 cm³/mol. The number of nitrogens with zero attached hydrogens (tertiary/aromatic N) is 2. The highest BCUT2D eigenvalue weighted by atomic mass is 19.1. The van der Waals surface area contributed by atoms with Crippen LogP contribution >= 0.6 is 0 Å². The summed E-state index contributed by atoms with van der Waals surface area (Å²) in [4.78, 5) is 17.1. The zero-order chi connectivity index (χ0) is 16.2. The first kappa shape index (κ1) is 16.4. The zero-order valence-corrected chi connectivity index (χ0v) is 13.6. The topological polar surface area (TPSA) is 49.6 Å². The SMILES string of the molecule is N[C@H]1CCCN(C(=O)[C@@H]2CCCCN2Cc2ccc(F)cc2)C1. The van der Waals surface area contributed by atoms with E-state index in [2.05, 4.69) is 4.90 Å². The van der Waals surface area contributed by atoms with Crippen LogP contribution in [0.2, 0.25) is 0 Å². The number of carbonyl (C=O) groups is 1. The fourth-order valence-corrected chi connectivity index (χ4v) is 3.71. The first-order valence-electron chi connectivity index (χ1n) is 8.66. The number of piperidine rings is 2. The molecule has 1 aromatic carbocycles. The predicted octanol–water partition coefficient (Wildman–Crippen LogP) is 2.13. The zero-order valence-electron chi connectivity index (χ0n) is 13.6. The number of benzene rings is 1. The summed E-state index contributed by atoms with van der Waals surface area (Å²) in [5, 5.41) is 0. The van der Waals surface area contributed by atoms with E-state index < -0.39 is 0 Å². The Kier molecular flexibility index (Phi) is 5.28. The van der Waals surface area contributed by atoms with Gasteiger partial charge in [-0.3, -0.25) is 9.69 Å². The van der Waals surface area contributed by atoms with Crippen molar-refractivity contribution < 1.29 is 9.18 Å². The van der Waals surface area contributed by atoms with Crippen molar-refractivity contribution >= 4 is 5.91 Å². The van der Waals surface area contributed by atoms with Crippen LogP contribution in [0, 0.1) is 5.82 Å². The Balaban J connectivity index is 1.68. The number of halogens is 1. The fraction of sp³-hybridized carbons (Fsp3) is 0.611. The van der Waals surface area contributed by atoms with Gasteiger partial charge in [-0.05, 0) is 49.9 Å². The molecule has 126 valence electrons. The number of likely N-dealkylation sites (tertiary alicyclic amines) is 2. The van der Waals surface area contributed by atoms with E-state index in [0.717, 1.165) is 50.8 Å². The van der Waals surface area contributed by atoms with Crippen molar-refractivity contribution in [2.24, 2.45) is 5.73 Å². The smallest absolute Gasteiger partial charge is 0.239 e. The van der Waals surface area contributed by atoms with Crippen molar-refractivity contribution in [3.8, 4) is 0 Å². The van der Waals surface area contributed by atoms with Crippen molar-refractivity contribution in [2.75, 3.05) is 19.6 Å². The molecule has 2 aliphatic heterocycles. The van der Waals surface area contributed by atoms with Crippen LogP contribution in [0.1, 0.15) is 37.7 Å². The lowest BCUT2D eigenvalue weighted by Crippen LogP contribution is -2.54. The second kappa shape index (κ2) is 7.41. The van der Waals surface area contributed by atoms with Crippen LogP contribution in [0.4, 0.5) is 4.39 Å². The summed E-state index contributed by atoms with van der Waals surface area (Å²) >= 11 is 0. The third kappa shape index (κ3) is 4.09. The molecule has 2 fully saturated rings. The van der Waals surface area contributed by atoms with Crippen molar-refractivity contribution in [1.82, 2.24) is 9.80 Å². The Morgan fingerprint density at radius 3 is 2.65 bits per heavy atom. The maximum absolute atomic E-state index is 13.1. The third-order valence-corrected chi connectivity index (χ3v) is 4.97. The minimum absolute atomic E-state index is 0.0564. The molecule has 4 nitrogen and oxygen atoms in total. The summed E-state index contributed by atoms with van der Waals surface area (Å²) in [7, 11) is 0. The van der Waals surface area contributed by atoms with Crippen molar-refractivity contribution in [2.45, 2.75) is 50.7 Å². The van der Waals surface area contributed by atoms with Crippen LogP contribution in [0.5, 0.6) is 0 Å². The van der Waals surface area contributed by atoms with Gasteiger partial charge in [-0.1, -0.05) is 18.6 Å². The number of amides is 1. The maximum atomic E-state index is 13.1. The van der Waals surface area contributed by atoms with Crippen LogP contribution in [0.3, 0.4) is 0 Å². The van der Waals surface area contributed by atoms with Crippen LogP contribution < -0.4 is 5.73 Å². The molecular formula is C18H26FN3O. The second-order valence-corrected chi connectivity index (χ2v) is 6.80. The molecular weight excluding hydrogens is 293 g/mol. The second-order valence-electron chi connectivity index (χ2n) is 6.80. The molecule has 2 aliphatic rings. The normalized spacial score (nSPS) is 26.3. The monoisotopic (exact) mass is 319 g/mol. The molecule has 2 atom stereocenters. The van der Waals surface area contributed by atoms with Gasteiger partial charge in [0.05, 0.1) is 6.04 Å². The molecule has 23 heavy (non-hydrogen) atoms. The highest BCUT2D eigenvalue weighted by Gasteiger charge is 2.33. The number of rotatable bonds is 3. The summed E-state index contributed by atoms with van der Waals surface area (Å²) in [6.45, 7) is 3.14. The Labute approximate surface area is 137 Å². The minimum Gasteiger partial charge on any atom is -0.340 e. The highest BCUT2D eigenvalue weighted by molar-refractivity contribution is 5.82. The van der Waals surface area contributed by atoms with Gasteiger partial charge in [-0.25, -0.2) is 4.39 Å². The molecule has 0 saturated carbocycles. The molecule has 0 bridgehead atoms. The molecule has 0 radical (unpaired) electrons. The Bertz CT molecular complexity index is 534. The van der Waals surface area contributed by atoms with Gasteiger partial charge < -0.3 is 10.6 Å². The van der Waals surface area contributed by atoms with Gasteiger partial charge in [-0.2, -0.15) is 0 Å². The van der Waals surface area contributed by atoms with Gasteiger partial charge in [0.1, 0.15) is 5.82 Å². The first-order chi connectivity index (χ1) is 11.1. The highest BCUT2D eigenvalue weighted by Crippen LogP contribution is 2.23. The average Bonchev–Trinajstić information content (AvgIpc) is 2.57. The summed E-state index contributed by atoms with van der Waals surface area (Å²) < 4.78 is 13.1. The van der Waals surface area contributed by atoms with Crippen LogP contribution in [0.15, 0.2) is 24.3 Å². The van der Waals surface area contributed by atoms with E-state index in [4.69, 9.17) is 5.73 Å². The molecule has 2 N–H and O–H groups in total. The van der Waals surface area contributed by atoms with E-state index in [9.17, 15) is 9.18 Å². The van der Waals surface area contributed by atoms with Gasteiger partial charge in [0, 0.05) is 25.7 Å². The molecule has 2 heterocycles. The van der Waals surface area contributed by atoms with E-state index in [1.807, 2.05) is 17.0 Å². The quantitative estimate of drug-likeness (QED) is 0.928. The van der Waals surface area contributed by atoms with Gasteiger partial charge in [0.15, 0.2) is 0 Å². The lowest BCUT2D eigenvalue weighted by atomic mass is 9.98. The maximum Gasteiger partial charge on any atom is 0.239 e. The average molecular weight is 319 g/mol. The number of carbonyl (C=O) groups excluding carboxylic acids is 1. The van der Waals surface area contributed by atoms with E-state index in [-0.39, 0.29) is 23.8 Å². The lowest BCUT2D eigenvalue weighted by molar-refractivity contribution is -0.139. The minimum atomic E-state index is -0.220. The van der Waals surface area contributed by atoms with Crippen LogP contribution in [0.25, 0.3) is 0 Å². The molecule has 1 amide bonds. The van der Waals surface area contributed by atoms with Crippen molar-refractivity contribution in [1.29, 1.82) is 0 Å². The van der Waals surface area contributed by atoms with Crippen molar-refractivity contribution in [3.05, 3.63) is 35.6 Å². The number of hydrogen-bond acceptors (Lipinski definition) is 3. The van der Waals surface area contributed by atoms with Crippen molar-refractivity contribution in [3.63, 3.8) is 0 Å². The standard InChI is InChI=1S/C18H26FN3O/c19-15-8-6-14(7-9-15)12-21-10-2-1-5-17(21)18(23)22-11-3-4-16(20)13-22/h6-9,16-17H,1-5,10-13,20H2/t16-,17-/m0/s1. The first-order valence-corrected chi connectivity index (χ1v) is 8.66. The number of hydrogen-bond donors (Lipinski definition) is 1. The Morgan fingerprint density at radius 1 is 1.13 bits per heavy atom. The van der Waals surface area contributed by atoms with Crippen LogP contribution in [-0.2, 0) is 11.3 Å². The van der Waals surface area contributed by atoms with Gasteiger partial charge >= 0.3 is 0 Å². The van der Waals surface area contributed by atoms with E-state index in [1.54, 1.807) is 0 Å². The fourth-order valence-electron chi connectivity index (χ4n) is 3.71. The molecule has 1 aromatic rings. The lowest BCUT2D eigenvalue weighted by Gasteiger charge is -2.40. The van der Waals surface area contributed by atoms with Gasteiger partial charge in [0.2, 0.25) is 5.91 Å². The van der Waals surface area contributed by atoms with Crippen LogP contribution in [-0.4, -0.2) is 47.4 Å².